The number of carbonyl (C=O) groups is 1. The highest BCUT2D eigenvalue weighted by Gasteiger charge is 2.52. The van der Waals surface area contributed by atoms with Crippen LogP contribution in [-0.4, -0.2) is 91.5 Å². The molecule has 2 aliphatic heterocycles. The third-order valence-corrected chi connectivity index (χ3v) is 8.49. The number of nitrogens with zero attached hydrogens (tertiary/aromatic N) is 4. The number of imidazole rings is 1. The van der Waals surface area contributed by atoms with Gasteiger partial charge in [-0.3, -0.25) is 18.9 Å². The molecule has 2 aromatic heterocycles. The largest absolute Gasteiger partial charge is 0.481 e. The third-order valence-electron chi connectivity index (χ3n) is 6.34. The number of H-pyrrole nitrogens is 1. The van der Waals surface area contributed by atoms with E-state index in [1.807, 2.05) is 0 Å². The van der Waals surface area contributed by atoms with Gasteiger partial charge in [-0.2, -0.15) is 14.4 Å². The van der Waals surface area contributed by atoms with E-state index in [2.05, 4.69) is 23.8 Å². The molecule has 40 heavy (non-hydrogen) atoms. The minimum absolute atomic E-state index is 0.0158. The minimum Gasteiger partial charge on any atom is -0.453 e. The second-order valence-electron chi connectivity index (χ2n) is 10.1. The molecule has 8 N–H and O–H groups in total. The second-order valence-corrected chi connectivity index (χ2v) is 12.9. The first-order valence-electron chi connectivity index (χ1n) is 11.5. The molecule has 0 amide bonds. The highest BCUT2D eigenvalue weighted by molar-refractivity contribution is 7.60. The van der Waals surface area contributed by atoms with Crippen molar-refractivity contribution >= 4 is 38.7 Å². The number of nitrogen functional groups attached to an aromatic ring is 1. The average molecular weight is 610 g/mol. The Kier molecular flexibility index (Phi) is 7.66. The van der Waals surface area contributed by atoms with Crippen LogP contribution in [0.25, 0.3) is 11.2 Å². The number of aromatic amines is 1. The third kappa shape index (κ3) is 5.77. The van der Waals surface area contributed by atoms with Gasteiger partial charge in [-0.05, 0) is 27.7 Å². The van der Waals surface area contributed by atoms with Gasteiger partial charge >= 0.3 is 21.6 Å². The van der Waals surface area contributed by atoms with Crippen molar-refractivity contribution in [2.24, 2.45) is 0 Å². The number of aliphatic hydroxyl groups excluding tert-OH is 1. The monoisotopic (exact) mass is 610 g/mol. The van der Waals surface area contributed by atoms with E-state index in [-0.39, 0.29) is 22.7 Å². The zero-order valence-electron chi connectivity index (χ0n) is 21.4. The Morgan fingerprint density at radius 2 is 1.90 bits per heavy atom. The zero-order valence-corrected chi connectivity index (χ0v) is 23.2. The summed E-state index contributed by atoms with van der Waals surface area (Å²) >= 11 is 0. The maximum absolute atomic E-state index is 13.3. The van der Waals surface area contributed by atoms with Crippen LogP contribution >= 0.6 is 15.6 Å². The topological polar surface area (TPSA) is 282 Å². The van der Waals surface area contributed by atoms with Gasteiger partial charge in [-0.15, -0.1) is 0 Å². The summed E-state index contributed by atoms with van der Waals surface area (Å²) in [6, 6.07) is 0. The van der Waals surface area contributed by atoms with Crippen LogP contribution in [0.5, 0.6) is 0 Å². The maximum atomic E-state index is 13.3. The Morgan fingerprint density at radius 3 is 2.48 bits per heavy atom. The molecule has 0 aromatic carbocycles. The van der Waals surface area contributed by atoms with Crippen LogP contribution in [0.3, 0.4) is 0 Å². The fourth-order valence-electron chi connectivity index (χ4n) is 4.61. The van der Waals surface area contributed by atoms with Crippen molar-refractivity contribution in [2.75, 3.05) is 12.3 Å². The van der Waals surface area contributed by atoms with Gasteiger partial charge in [0.2, 0.25) is 5.95 Å². The van der Waals surface area contributed by atoms with Gasteiger partial charge in [-0.1, -0.05) is 6.08 Å². The summed E-state index contributed by atoms with van der Waals surface area (Å²) in [5.74, 6) is -1.27. The predicted molar refractivity (Wildman–Crippen MR) is 131 cm³/mol. The number of carbonyl (C=O) groups excluding carboxylic acids is 1. The molecule has 21 heteroatoms. The molecule has 1 unspecified atom stereocenters. The molecule has 0 saturated carbocycles. The van der Waals surface area contributed by atoms with Crippen molar-refractivity contribution in [2.45, 2.75) is 63.3 Å². The number of nitrogens with one attached hydrogen (secondary N) is 1. The molecule has 1 saturated heterocycles. The summed E-state index contributed by atoms with van der Waals surface area (Å²) in [6.07, 6.45) is -3.82. The zero-order chi connectivity index (χ0) is 30.0. The Morgan fingerprint density at radius 1 is 1.25 bits per heavy atom. The molecule has 1 fully saturated rings. The SMILES string of the molecule is CC1(C)C=C(C(=O)O[C@H]2[C@@H](O)[C@H](n3cnc4c(=O)[nH]c(N)nc43)O[C@@H]2COP(=O)(O)OP(=O)(O)O)C(C)(C)N1O. The van der Waals surface area contributed by atoms with Crippen LogP contribution < -0.4 is 11.3 Å². The predicted octanol–water partition coefficient (Wildman–Crippen LogP) is -0.713. The molecule has 0 radical (unpaired) electrons. The molecule has 4 heterocycles. The highest BCUT2D eigenvalue weighted by atomic mass is 31.3. The second kappa shape index (κ2) is 10.1. The molecule has 2 aromatic rings. The van der Waals surface area contributed by atoms with E-state index >= 15 is 0 Å². The Bertz CT molecular complexity index is 1510. The number of fused-ring (bicyclic) bond motifs is 1. The maximum Gasteiger partial charge on any atom is 0.481 e. The number of aliphatic hydroxyl groups is 1. The number of anilines is 1. The molecule has 222 valence electrons. The summed E-state index contributed by atoms with van der Waals surface area (Å²) in [5, 5.41) is 22.6. The quantitative estimate of drug-likeness (QED) is 0.143. The van der Waals surface area contributed by atoms with Crippen LogP contribution in [0.15, 0.2) is 22.8 Å². The summed E-state index contributed by atoms with van der Waals surface area (Å²) in [4.78, 5) is 63.0. The molecule has 19 nitrogen and oxygen atoms in total. The van der Waals surface area contributed by atoms with Gasteiger partial charge in [0.25, 0.3) is 5.56 Å². The van der Waals surface area contributed by atoms with Gasteiger partial charge in [0.05, 0.1) is 29.6 Å². The highest BCUT2D eigenvalue weighted by Crippen LogP contribution is 2.57. The number of rotatable bonds is 8. The lowest BCUT2D eigenvalue weighted by Crippen LogP contribution is -2.49. The fourth-order valence-corrected chi connectivity index (χ4v) is 6.20. The van der Waals surface area contributed by atoms with Crippen molar-refractivity contribution in [3.05, 3.63) is 28.3 Å². The van der Waals surface area contributed by atoms with Crippen molar-refractivity contribution in [1.29, 1.82) is 0 Å². The smallest absolute Gasteiger partial charge is 0.453 e. The number of hydrogen-bond donors (Lipinski definition) is 7. The van der Waals surface area contributed by atoms with Gasteiger partial charge in [0.15, 0.2) is 23.5 Å². The van der Waals surface area contributed by atoms with E-state index in [1.165, 1.54) is 6.08 Å². The van der Waals surface area contributed by atoms with Gasteiger partial charge in [0.1, 0.15) is 12.2 Å². The van der Waals surface area contributed by atoms with Crippen LogP contribution in [0.4, 0.5) is 5.95 Å². The van der Waals surface area contributed by atoms with Crippen molar-refractivity contribution in [3.63, 3.8) is 0 Å². The van der Waals surface area contributed by atoms with Crippen molar-refractivity contribution in [3.8, 4) is 0 Å². The average Bonchev–Trinajstić information content (AvgIpc) is 3.39. The van der Waals surface area contributed by atoms with Crippen molar-refractivity contribution < 1.29 is 57.2 Å². The number of hydrogen-bond acceptors (Lipinski definition) is 14. The minimum atomic E-state index is -5.45. The van der Waals surface area contributed by atoms with E-state index in [4.69, 9.17) is 25.0 Å². The molecule has 2 aliphatic rings. The first-order chi connectivity index (χ1) is 18.2. The Hall–Kier alpha value is -2.54. The lowest BCUT2D eigenvalue weighted by molar-refractivity contribution is -0.189. The number of hydroxylamine groups is 2. The lowest BCUT2D eigenvalue weighted by Gasteiger charge is -2.35. The van der Waals surface area contributed by atoms with Crippen LogP contribution in [-0.2, 0) is 32.2 Å². The molecule has 4 rings (SSSR count). The molecule has 0 aliphatic carbocycles. The summed E-state index contributed by atoms with van der Waals surface area (Å²) in [6.45, 7) is 5.40. The normalized spacial score (nSPS) is 28.0. The fraction of sp³-hybridized carbons (Fsp3) is 0.579. The first-order valence-corrected chi connectivity index (χ1v) is 14.5. The van der Waals surface area contributed by atoms with E-state index in [0.717, 1.165) is 16.0 Å². The Labute approximate surface area is 225 Å². The number of esters is 1. The van der Waals surface area contributed by atoms with Gasteiger partial charge in [-0.25, -0.2) is 18.9 Å². The molecule has 0 spiro atoms. The first kappa shape index (κ1) is 30.4. The van der Waals surface area contributed by atoms with E-state index in [9.17, 15) is 33.9 Å². The lowest BCUT2D eigenvalue weighted by atomic mass is 9.96. The molecule has 5 atom stereocenters. The number of aromatic nitrogens is 4. The molecule has 0 bridgehead atoms. The van der Waals surface area contributed by atoms with E-state index in [0.29, 0.717) is 0 Å². The number of phosphoric acid groups is 2. The van der Waals surface area contributed by atoms with Gasteiger partial charge < -0.3 is 40.2 Å². The van der Waals surface area contributed by atoms with E-state index < -0.39 is 69.4 Å². The molecular formula is C19H28N6O13P2. The van der Waals surface area contributed by atoms with Crippen LogP contribution in [0.2, 0.25) is 0 Å². The summed E-state index contributed by atoms with van der Waals surface area (Å²) in [7, 11) is -10.8. The van der Waals surface area contributed by atoms with E-state index in [1.54, 1.807) is 27.7 Å². The van der Waals surface area contributed by atoms with Crippen molar-refractivity contribution in [1.82, 2.24) is 24.6 Å². The van der Waals surface area contributed by atoms with Gasteiger partial charge in [0, 0.05) is 0 Å². The van der Waals surface area contributed by atoms with Crippen LogP contribution in [0, 0.1) is 0 Å². The number of ether oxygens (including phenoxy) is 2. The Balaban J connectivity index is 1.67. The standard InChI is InChI=1S/C19H28N6O13P2/c1-18(2)5-8(19(3,4)25(18)29)16(28)37-12-9(6-35-40(33,34)38-39(30,31)32)36-15(11(12)26)24-7-21-10-13(24)22-17(20)23-14(10)27/h5,7,9,11-12,15,26,29H,6H2,1-4H3,(H,33,34)(H2,30,31,32)(H3,20,22,23,27)/t9-,11-,12-,15-/m1/s1. The van der Waals surface area contributed by atoms with Crippen LogP contribution in [0.1, 0.15) is 33.9 Å². The number of phosphoric ester groups is 1. The number of nitrogens with two attached hydrogens (primary N) is 1. The molecular weight excluding hydrogens is 582 g/mol. The summed E-state index contributed by atoms with van der Waals surface area (Å²) in [5.41, 5.74) is 2.45. The summed E-state index contributed by atoms with van der Waals surface area (Å²) < 4.78 is 43.8.